The summed E-state index contributed by atoms with van der Waals surface area (Å²) in [4.78, 5) is 12.7. The highest BCUT2D eigenvalue weighted by atomic mass is 16.6. The maximum absolute atomic E-state index is 12.7. The Hall–Kier alpha value is -2.53. The van der Waals surface area contributed by atoms with E-state index in [1.165, 1.54) is 0 Å². The second-order valence-corrected chi connectivity index (χ2v) is 6.19. The number of para-hydroxylation sites is 1. The topological polar surface area (TPSA) is 56.8 Å². The first kappa shape index (κ1) is 17.3. The summed E-state index contributed by atoms with van der Waals surface area (Å²) in [6.45, 7) is 5.21. The van der Waals surface area contributed by atoms with Crippen molar-refractivity contribution in [2.75, 3.05) is 25.6 Å². The van der Waals surface area contributed by atoms with Crippen LogP contribution in [0.3, 0.4) is 0 Å². The van der Waals surface area contributed by atoms with Crippen LogP contribution >= 0.6 is 0 Å². The molecule has 2 aromatic carbocycles. The second-order valence-electron chi connectivity index (χ2n) is 6.19. The van der Waals surface area contributed by atoms with E-state index in [0.717, 1.165) is 23.2 Å². The molecule has 1 unspecified atom stereocenters. The highest BCUT2D eigenvalue weighted by Crippen LogP contribution is 2.31. The number of rotatable bonds is 5. The Bertz CT molecular complexity index is 746. The molecule has 132 valence electrons. The molecule has 0 bridgehead atoms. The minimum absolute atomic E-state index is 0.00850. The third-order valence-electron chi connectivity index (χ3n) is 4.33. The average molecular weight is 341 g/mol. The van der Waals surface area contributed by atoms with Crippen LogP contribution in [0, 0.1) is 13.8 Å². The molecule has 1 heterocycles. The van der Waals surface area contributed by atoms with Gasteiger partial charge in [-0.05, 0) is 43.2 Å². The van der Waals surface area contributed by atoms with Crippen LogP contribution in [0.4, 0.5) is 5.69 Å². The maximum Gasteiger partial charge on any atom is 0.255 e. The zero-order valence-corrected chi connectivity index (χ0v) is 14.8. The number of hydrogen-bond acceptors (Lipinski definition) is 4. The quantitative estimate of drug-likeness (QED) is 0.900. The number of aryl methyl sites for hydroxylation is 2. The molecule has 1 aliphatic rings. The molecular weight excluding hydrogens is 318 g/mol. The smallest absolute Gasteiger partial charge is 0.255 e. The molecule has 5 nitrogen and oxygen atoms in total. The van der Waals surface area contributed by atoms with Gasteiger partial charge in [0, 0.05) is 17.7 Å². The molecule has 1 atom stereocenters. The highest BCUT2D eigenvalue weighted by molar-refractivity contribution is 6.05. The molecule has 3 rings (SSSR count). The maximum atomic E-state index is 12.7. The Balaban J connectivity index is 1.82. The van der Waals surface area contributed by atoms with Crippen molar-refractivity contribution in [3.05, 3.63) is 53.1 Å². The van der Waals surface area contributed by atoms with Gasteiger partial charge in [-0.3, -0.25) is 4.79 Å². The number of carbonyl (C=O) groups excluding carboxylic acids is 1. The molecule has 5 heteroatoms. The van der Waals surface area contributed by atoms with Gasteiger partial charge in [0.25, 0.3) is 5.91 Å². The van der Waals surface area contributed by atoms with Crippen LogP contribution < -0.4 is 14.8 Å². The predicted octanol–water partition coefficient (Wildman–Crippen LogP) is 3.73. The molecular formula is C20H23NO4. The van der Waals surface area contributed by atoms with Crippen LogP contribution in [0.5, 0.6) is 11.5 Å². The summed E-state index contributed by atoms with van der Waals surface area (Å²) in [7, 11) is 1.59. The van der Waals surface area contributed by atoms with Gasteiger partial charge in [0.2, 0.25) is 0 Å². The number of anilines is 1. The molecule has 1 amide bonds. The molecule has 2 aromatic rings. The Morgan fingerprint density at radius 1 is 1.16 bits per heavy atom. The van der Waals surface area contributed by atoms with Gasteiger partial charge in [-0.1, -0.05) is 18.2 Å². The van der Waals surface area contributed by atoms with Crippen LogP contribution in [0.1, 0.15) is 27.9 Å². The van der Waals surface area contributed by atoms with E-state index in [0.29, 0.717) is 30.3 Å². The van der Waals surface area contributed by atoms with Gasteiger partial charge in [-0.15, -0.1) is 0 Å². The Morgan fingerprint density at radius 2 is 1.92 bits per heavy atom. The minimum Gasteiger partial charge on any atom is -0.493 e. The Morgan fingerprint density at radius 3 is 2.56 bits per heavy atom. The van der Waals surface area contributed by atoms with Crippen molar-refractivity contribution < 1.29 is 19.0 Å². The van der Waals surface area contributed by atoms with Crippen molar-refractivity contribution in [3.63, 3.8) is 0 Å². The lowest BCUT2D eigenvalue weighted by Crippen LogP contribution is -2.17. The number of amides is 1. The molecule has 0 aliphatic carbocycles. The lowest BCUT2D eigenvalue weighted by atomic mass is 10.1. The molecule has 1 aliphatic heterocycles. The predicted molar refractivity (Wildman–Crippen MR) is 96.7 cm³/mol. The van der Waals surface area contributed by atoms with Crippen molar-refractivity contribution >= 4 is 11.6 Å². The minimum atomic E-state index is -0.174. The summed E-state index contributed by atoms with van der Waals surface area (Å²) in [6.07, 6.45) is 0.827. The van der Waals surface area contributed by atoms with Crippen molar-refractivity contribution in [1.29, 1.82) is 0 Å². The lowest BCUT2D eigenvalue weighted by Gasteiger charge is -2.16. The van der Waals surface area contributed by atoms with Crippen LogP contribution in [-0.2, 0) is 4.74 Å². The molecule has 0 spiro atoms. The molecule has 0 radical (unpaired) electrons. The summed E-state index contributed by atoms with van der Waals surface area (Å²) < 4.78 is 16.6. The van der Waals surface area contributed by atoms with Crippen molar-refractivity contribution in [2.45, 2.75) is 26.4 Å². The van der Waals surface area contributed by atoms with Crippen molar-refractivity contribution in [2.24, 2.45) is 0 Å². The highest BCUT2D eigenvalue weighted by Gasteiger charge is 2.20. The third kappa shape index (κ3) is 3.94. The Kier molecular flexibility index (Phi) is 5.24. The normalized spacial score (nSPS) is 16.5. The summed E-state index contributed by atoms with van der Waals surface area (Å²) in [5.41, 5.74) is 3.43. The first-order chi connectivity index (χ1) is 12.1. The third-order valence-corrected chi connectivity index (χ3v) is 4.33. The number of nitrogens with one attached hydrogen (secondary N) is 1. The average Bonchev–Trinajstić information content (AvgIpc) is 3.11. The van der Waals surface area contributed by atoms with Crippen LogP contribution in [0.15, 0.2) is 36.4 Å². The summed E-state index contributed by atoms with van der Waals surface area (Å²) in [5.74, 6) is 0.996. The molecule has 1 N–H and O–H groups in total. The van der Waals surface area contributed by atoms with E-state index in [-0.39, 0.29) is 12.0 Å². The van der Waals surface area contributed by atoms with E-state index in [1.54, 1.807) is 25.3 Å². The number of carbonyl (C=O) groups is 1. The largest absolute Gasteiger partial charge is 0.493 e. The number of benzene rings is 2. The fourth-order valence-corrected chi connectivity index (χ4v) is 2.89. The number of hydrogen-bond donors (Lipinski definition) is 1. The zero-order chi connectivity index (χ0) is 17.8. The molecule has 25 heavy (non-hydrogen) atoms. The Labute approximate surface area is 147 Å². The van der Waals surface area contributed by atoms with Crippen LogP contribution in [0.2, 0.25) is 0 Å². The summed E-state index contributed by atoms with van der Waals surface area (Å²) in [5, 5.41) is 2.99. The number of ether oxygens (including phenoxy) is 3. The number of methoxy groups -OCH3 is 1. The summed E-state index contributed by atoms with van der Waals surface area (Å²) >= 11 is 0. The fourth-order valence-electron chi connectivity index (χ4n) is 2.89. The van der Waals surface area contributed by atoms with Gasteiger partial charge in [0.1, 0.15) is 6.10 Å². The van der Waals surface area contributed by atoms with E-state index < -0.39 is 0 Å². The van der Waals surface area contributed by atoms with Crippen molar-refractivity contribution in [3.8, 4) is 11.5 Å². The zero-order valence-electron chi connectivity index (χ0n) is 14.8. The van der Waals surface area contributed by atoms with Gasteiger partial charge in [0.05, 0.1) is 20.3 Å². The standard InChI is InChI=1S/C20H23NO4/c1-13-5-4-6-14(2)19(13)21-20(22)15-7-8-17(23-3)18(11-15)25-16-9-10-24-12-16/h4-8,11,16H,9-10,12H2,1-3H3,(H,21,22). The lowest BCUT2D eigenvalue weighted by molar-refractivity contribution is 0.102. The van der Waals surface area contributed by atoms with E-state index in [4.69, 9.17) is 14.2 Å². The SMILES string of the molecule is COc1ccc(C(=O)Nc2c(C)cccc2C)cc1OC1CCOC1. The van der Waals surface area contributed by atoms with Crippen LogP contribution in [-0.4, -0.2) is 32.3 Å². The fraction of sp³-hybridized carbons (Fsp3) is 0.350. The van der Waals surface area contributed by atoms with E-state index in [2.05, 4.69) is 5.32 Å². The van der Waals surface area contributed by atoms with Gasteiger partial charge >= 0.3 is 0 Å². The molecule has 1 saturated heterocycles. The van der Waals surface area contributed by atoms with E-state index >= 15 is 0 Å². The first-order valence-electron chi connectivity index (χ1n) is 8.38. The van der Waals surface area contributed by atoms with Gasteiger partial charge < -0.3 is 19.5 Å². The first-order valence-corrected chi connectivity index (χ1v) is 8.38. The second kappa shape index (κ2) is 7.57. The van der Waals surface area contributed by atoms with Gasteiger partial charge in [-0.25, -0.2) is 0 Å². The monoisotopic (exact) mass is 341 g/mol. The molecule has 0 saturated carbocycles. The summed E-state index contributed by atoms with van der Waals surface area (Å²) in [6, 6.07) is 11.1. The van der Waals surface area contributed by atoms with E-state index in [9.17, 15) is 4.79 Å². The van der Waals surface area contributed by atoms with E-state index in [1.807, 2.05) is 32.0 Å². The molecule has 0 aromatic heterocycles. The van der Waals surface area contributed by atoms with Gasteiger partial charge in [-0.2, -0.15) is 0 Å². The molecule has 1 fully saturated rings. The van der Waals surface area contributed by atoms with Gasteiger partial charge in [0.15, 0.2) is 11.5 Å². The van der Waals surface area contributed by atoms with Crippen molar-refractivity contribution in [1.82, 2.24) is 0 Å². The van der Waals surface area contributed by atoms with Crippen LogP contribution in [0.25, 0.3) is 0 Å².